The van der Waals surface area contributed by atoms with Crippen LogP contribution in [-0.2, 0) is 19.1 Å². The molecule has 1 spiro atoms. The first kappa shape index (κ1) is 35.1. The largest absolute Gasteiger partial charge is 0.465 e. The number of ether oxygens (including phenoxy) is 1. The van der Waals surface area contributed by atoms with Crippen LogP contribution in [0.1, 0.15) is 66.7 Å². The molecule has 1 aromatic rings. The number of carbonyl (C=O) groups excluding carboxylic acids is 3. The summed E-state index contributed by atoms with van der Waals surface area (Å²) in [7, 11) is 0. The van der Waals surface area contributed by atoms with Gasteiger partial charge in [0.1, 0.15) is 6.04 Å². The Kier molecular flexibility index (Phi) is 11.9. The van der Waals surface area contributed by atoms with Gasteiger partial charge >= 0.3 is 5.97 Å². The number of hydrogen-bond acceptors (Lipinski definition) is 7. The van der Waals surface area contributed by atoms with Crippen molar-refractivity contribution in [3.05, 3.63) is 49.6 Å². The van der Waals surface area contributed by atoms with Crippen molar-refractivity contribution < 1.29 is 24.2 Å². The van der Waals surface area contributed by atoms with Crippen molar-refractivity contribution in [2.24, 2.45) is 23.7 Å². The predicted molar refractivity (Wildman–Crippen MR) is 183 cm³/mol. The number of unbranched alkanes of at least 4 members (excludes halogenated alkanes) is 2. The third-order valence-electron chi connectivity index (χ3n) is 9.95. The number of benzene rings is 1. The van der Waals surface area contributed by atoms with E-state index in [1.807, 2.05) is 30.3 Å². The fraction of sp³-hybridized carbons (Fsp3) is 0.639. The predicted octanol–water partition coefficient (Wildman–Crippen LogP) is 5.70. The van der Waals surface area contributed by atoms with Gasteiger partial charge < -0.3 is 24.5 Å². The number of rotatable bonds is 17. The number of fused-ring (bicyclic) bond motifs is 1. The number of esters is 1. The second-order valence-corrected chi connectivity index (χ2v) is 14.7. The second-order valence-electron chi connectivity index (χ2n) is 13.1. The van der Waals surface area contributed by atoms with Crippen LogP contribution in [0.15, 0.2) is 49.6 Å². The van der Waals surface area contributed by atoms with Crippen LogP contribution < -0.4 is 9.80 Å². The first-order valence-corrected chi connectivity index (χ1v) is 17.6. The van der Waals surface area contributed by atoms with Crippen LogP contribution in [-0.4, -0.2) is 82.7 Å². The number of thioether (sulfide) groups is 1. The van der Waals surface area contributed by atoms with Crippen LogP contribution in [0.3, 0.4) is 0 Å². The topological polar surface area (TPSA) is 90.4 Å². The van der Waals surface area contributed by atoms with E-state index in [2.05, 4.69) is 52.7 Å². The molecule has 4 rings (SSSR count). The molecule has 0 saturated carbocycles. The van der Waals surface area contributed by atoms with Gasteiger partial charge in [0, 0.05) is 36.3 Å². The molecule has 248 valence electrons. The van der Waals surface area contributed by atoms with Crippen molar-refractivity contribution in [2.45, 2.75) is 88.8 Å². The zero-order chi connectivity index (χ0) is 32.9. The number of anilines is 2. The Balaban J connectivity index is 1.75. The highest BCUT2D eigenvalue weighted by Gasteiger charge is 2.77. The summed E-state index contributed by atoms with van der Waals surface area (Å²) >= 11 is 1.64. The van der Waals surface area contributed by atoms with Gasteiger partial charge in [-0.1, -0.05) is 32.9 Å². The number of likely N-dealkylation sites (tertiary alicyclic amines) is 1. The Morgan fingerprint density at radius 1 is 1.13 bits per heavy atom. The van der Waals surface area contributed by atoms with Crippen LogP contribution in [0.4, 0.5) is 11.4 Å². The van der Waals surface area contributed by atoms with Crippen LogP contribution in [0.25, 0.3) is 0 Å². The fourth-order valence-electron chi connectivity index (χ4n) is 7.91. The van der Waals surface area contributed by atoms with E-state index in [1.165, 1.54) is 0 Å². The van der Waals surface area contributed by atoms with Gasteiger partial charge in [-0.25, -0.2) is 0 Å². The highest BCUT2D eigenvalue weighted by Crippen LogP contribution is 2.69. The quantitative estimate of drug-likeness (QED) is 0.133. The van der Waals surface area contributed by atoms with Gasteiger partial charge in [-0.05, 0) is 82.1 Å². The van der Waals surface area contributed by atoms with Gasteiger partial charge in [0.2, 0.25) is 5.91 Å². The molecule has 0 aromatic heterocycles. The molecule has 2 amide bonds. The van der Waals surface area contributed by atoms with Crippen molar-refractivity contribution >= 4 is 40.9 Å². The minimum atomic E-state index is -0.830. The van der Waals surface area contributed by atoms with E-state index in [0.29, 0.717) is 13.0 Å². The molecule has 8 nitrogen and oxygen atoms in total. The van der Waals surface area contributed by atoms with Crippen molar-refractivity contribution in [1.29, 1.82) is 0 Å². The summed E-state index contributed by atoms with van der Waals surface area (Å²) < 4.78 is 4.99. The molecular weight excluding hydrogens is 586 g/mol. The molecule has 2 bridgehead atoms. The number of aliphatic hydroxyl groups excluding tert-OH is 1. The Morgan fingerprint density at radius 2 is 1.80 bits per heavy atom. The van der Waals surface area contributed by atoms with Crippen LogP contribution >= 0.6 is 11.8 Å². The SMILES string of the molecule is C=CCCCCOC(=O)[C@@H]1[C@H]2C(=O)N([C@@H](CO)CC(C)C)C(C(=O)N(CC=C)c3ccc(N(CC)CC)cc3)C23S[C@@H]1CC3C. The molecule has 9 heteroatoms. The smallest absolute Gasteiger partial charge is 0.310 e. The summed E-state index contributed by atoms with van der Waals surface area (Å²) in [5.41, 5.74) is 1.81. The lowest BCUT2D eigenvalue weighted by atomic mass is 9.66. The maximum absolute atomic E-state index is 15.0. The molecular formula is C36H53N3O5S. The van der Waals surface area contributed by atoms with E-state index in [-0.39, 0.29) is 48.0 Å². The molecule has 0 aliphatic carbocycles. The zero-order valence-corrected chi connectivity index (χ0v) is 28.6. The average Bonchev–Trinajstić information content (AvgIpc) is 3.62. The number of amides is 2. The number of aliphatic hydroxyl groups is 1. The minimum Gasteiger partial charge on any atom is -0.465 e. The van der Waals surface area contributed by atoms with Crippen molar-refractivity contribution in [3.8, 4) is 0 Å². The lowest BCUT2D eigenvalue weighted by Gasteiger charge is -2.42. The van der Waals surface area contributed by atoms with E-state index in [1.54, 1.807) is 27.6 Å². The minimum absolute atomic E-state index is 0.0195. The third-order valence-corrected chi connectivity index (χ3v) is 12.0. The highest BCUT2D eigenvalue weighted by molar-refractivity contribution is 8.02. The summed E-state index contributed by atoms with van der Waals surface area (Å²) in [4.78, 5) is 48.9. The molecule has 3 unspecified atom stereocenters. The Hall–Kier alpha value is -2.78. The maximum atomic E-state index is 15.0. The lowest BCUT2D eigenvalue weighted by Crippen LogP contribution is -2.59. The Bertz CT molecular complexity index is 1220. The van der Waals surface area contributed by atoms with E-state index < -0.39 is 28.7 Å². The number of carbonyl (C=O) groups is 3. The number of allylic oxidation sites excluding steroid dienone is 1. The van der Waals surface area contributed by atoms with Gasteiger partial charge in [-0.3, -0.25) is 14.4 Å². The lowest BCUT2D eigenvalue weighted by molar-refractivity contribution is -0.155. The maximum Gasteiger partial charge on any atom is 0.310 e. The first-order chi connectivity index (χ1) is 21.6. The summed E-state index contributed by atoms with van der Waals surface area (Å²) in [5, 5.41) is 10.6. The molecule has 3 aliphatic heterocycles. The van der Waals surface area contributed by atoms with Gasteiger partial charge in [0.15, 0.2) is 0 Å². The van der Waals surface area contributed by atoms with Crippen molar-refractivity contribution in [2.75, 3.05) is 42.6 Å². The molecule has 1 aromatic carbocycles. The number of hydrogen-bond donors (Lipinski definition) is 1. The van der Waals surface area contributed by atoms with Crippen LogP contribution in [0, 0.1) is 23.7 Å². The zero-order valence-electron chi connectivity index (χ0n) is 27.8. The average molecular weight is 640 g/mol. The van der Waals surface area contributed by atoms with Crippen molar-refractivity contribution in [1.82, 2.24) is 4.90 Å². The molecule has 3 heterocycles. The summed E-state index contributed by atoms with van der Waals surface area (Å²) in [6.45, 7) is 20.2. The monoisotopic (exact) mass is 639 g/mol. The molecule has 3 fully saturated rings. The summed E-state index contributed by atoms with van der Waals surface area (Å²) in [6.07, 6.45) is 7.32. The standard InChI is InChI=1S/C36H53N3O5S/c1-8-12-13-14-20-44-35(43)30-29-22-25(7)36(45-29)31(30)33(41)39(28(23-40)21-24(5)6)32(36)34(42)38(19-9-2)27-17-15-26(16-18-27)37(10-3)11-4/h8-9,15-18,24-25,28-32,40H,1-2,10-14,19-23H2,3-7H3/t25?,28-,29-,30+,31+,32?,36?/m1/s1. The van der Waals surface area contributed by atoms with Gasteiger partial charge in [-0.15, -0.1) is 24.9 Å². The third kappa shape index (κ3) is 6.57. The van der Waals surface area contributed by atoms with Crippen LogP contribution in [0.2, 0.25) is 0 Å². The van der Waals surface area contributed by atoms with Crippen molar-refractivity contribution in [3.63, 3.8) is 0 Å². The fourth-order valence-corrected chi connectivity index (χ4v) is 10.3. The van der Waals surface area contributed by atoms with E-state index in [0.717, 1.165) is 50.1 Å². The van der Waals surface area contributed by atoms with Gasteiger partial charge in [-0.2, -0.15) is 0 Å². The molecule has 45 heavy (non-hydrogen) atoms. The van der Waals surface area contributed by atoms with Gasteiger partial charge in [0.05, 0.1) is 35.8 Å². The molecule has 0 radical (unpaired) electrons. The van der Waals surface area contributed by atoms with Gasteiger partial charge in [0.25, 0.3) is 5.91 Å². The first-order valence-electron chi connectivity index (χ1n) is 16.8. The summed E-state index contributed by atoms with van der Waals surface area (Å²) in [5.74, 6) is -1.82. The molecule has 1 N–H and O–H groups in total. The molecule has 3 saturated heterocycles. The van der Waals surface area contributed by atoms with E-state index >= 15 is 4.79 Å². The van der Waals surface area contributed by atoms with E-state index in [4.69, 9.17) is 4.74 Å². The second kappa shape index (κ2) is 15.2. The molecule has 3 aliphatic rings. The Labute approximate surface area is 274 Å². The number of nitrogens with zero attached hydrogens (tertiary/aromatic N) is 3. The van der Waals surface area contributed by atoms with Crippen LogP contribution in [0.5, 0.6) is 0 Å². The highest BCUT2D eigenvalue weighted by atomic mass is 32.2. The Morgan fingerprint density at radius 3 is 2.38 bits per heavy atom. The normalized spacial score (nSPS) is 27.4. The molecule has 7 atom stereocenters. The van der Waals surface area contributed by atoms with E-state index in [9.17, 15) is 14.7 Å². The summed E-state index contributed by atoms with van der Waals surface area (Å²) in [6, 6.07) is 6.60.